The van der Waals surface area contributed by atoms with Gasteiger partial charge in [-0.05, 0) is 44.2 Å². The minimum absolute atomic E-state index is 0.0402. The largest absolute Gasteiger partial charge is 0.494 e. The third-order valence-corrected chi connectivity index (χ3v) is 2.81. The van der Waals surface area contributed by atoms with Crippen LogP contribution in [0.2, 0.25) is 0 Å². The van der Waals surface area contributed by atoms with Crippen molar-refractivity contribution in [3.8, 4) is 11.5 Å². The first-order chi connectivity index (χ1) is 9.13. The van der Waals surface area contributed by atoms with Crippen molar-refractivity contribution in [1.82, 2.24) is 5.32 Å². The Labute approximate surface area is 115 Å². The summed E-state index contributed by atoms with van der Waals surface area (Å²) < 4.78 is 11.2. The number of likely N-dealkylation sites (N-methyl/N-ethyl adjacent to an activating group) is 1. The summed E-state index contributed by atoms with van der Waals surface area (Å²) in [6, 6.07) is 7.56. The van der Waals surface area contributed by atoms with E-state index in [0.717, 1.165) is 31.1 Å². The third-order valence-electron chi connectivity index (χ3n) is 2.81. The Balaban J connectivity index is 2.48. The number of aliphatic hydroxyl groups excluding tert-OH is 1. The van der Waals surface area contributed by atoms with E-state index >= 15 is 0 Å². The van der Waals surface area contributed by atoms with Crippen molar-refractivity contribution in [3.05, 3.63) is 24.3 Å². The van der Waals surface area contributed by atoms with E-state index in [0.29, 0.717) is 6.61 Å². The van der Waals surface area contributed by atoms with Crippen LogP contribution in [-0.4, -0.2) is 37.0 Å². The molecule has 0 fully saturated rings. The zero-order chi connectivity index (χ0) is 14.1. The molecule has 0 bridgehead atoms. The zero-order valence-electron chi connectivity index (χ0n) is 12.1. The van der Waals surface area contributed by atoms with Crippen LogP contribution in [0.3, 0.4) is 0 Å². The number of ether oxygens (including phenoxy) is 2. The number of rotatable bonds is 9. The maximum absolute atomic E-state index is 9.37. The Bertz CT molecular complexity index is 353. The fourth-order valence-corrected chi connectivity index (χ4v) is 1.67. The van der Waals surface area contributed by atoms with Gasteiger partial charge in [0.05, 0.1) is 18.8 Å². The van der Waals surface area contributed by atoms with Gasteiger partial charge in [0.15, 0.2) is 0 Å². The zero-order valence-corrected chi connectivity index (χ0v) is 12.1. The van der Waals surface area contributed by atoms with Crippen molar-refractivity contribution >= 4 is 0 Å². The van der Waals surface area contributed by atoms with Crippen molar-refractivity contribution < 1.29 is 14.6 Å². The van der Waals surface area contributed by atoms with Gasteiger partial charge in [-0.3, -0.25) is 0 Å². The first-order valence-electron chi connectivity index (χ1n) is 6.85. The van der Waals surface area contributed by atoms with Crippen molar-refractivity contribution in [2.45, 2.75) is 32.7 Å². The lowest BCUT2D eigenvalue weighted by molar-refractivity contribution is 0.117. The monoisotopic (exact) mass is 267 g/mol. The highest BCUT2D eigenvalue weighted by Crippen LogP contribution is 2.18. The van der Waals surface area contributed by atoms with Gasteiger partial charge in [-0.1, -0.05) is 13.8 Å². The highest BCUT2D eigenvalue weighted by molar-refractivity contribution is 5.31. The molecule has 1 unspecified atom stereocenters. The van der Waals surface area contributed by atoms with Crippen molar-refractivity contribution in [1.29, 1.82) is 0 Å². The van der Waals surface area contributed by atoms with Gasteiger partial charge in [-0.2, -0.15) is 0 Å². The molecule has 0 spiro atoms. The van der Waals surface area contributed by atoms with Crippen LogP contribution in [-0.2, 0) is 0 Å². The van der Waals surface area contributed by atoms with Gasteiger partial charge in [0, 0.05) is 0 Å². The average Bonchev–Trinajstić information content (AvgIpc) is 2.44. The molecule has 0 radical (unpaired) electrons. The number of aliphatic hydroxyl groups is 1. The molecule has 0 aliphatic heterocycles. The maximum atomic E-state index is 9.37. The molecule has 0 heterocycles. The summed E-state index contributed by atoms with van der Waals surface area (Å²) in [4.78, 5) is 0. The summed E-state index contributed by atoms with van der Waals surface area (Å²) >= 11 is 0. The molecule has 0 saturated carbocycles. The highest BCUT2D eigenvalue weighted by Gasteiger charge is 2.22. The predicted molar refractivity (Wildman–Crippen MR) is 76.9 cm³/mol. The number of hydrogen-bond acceptors (Lipinski definition) is 4. The van der Waals surface area contributed by atoms with E-state index in [1.165, 1.54) is 0 Å². The Hall–Kier alpha value is -1.26. The number of nitrogens with one attached hydrogen (secondary N) is 1. The third kappa shape index (κ3) is 5.49. The molecule has 0 aliphatic carbocycles. The highest BCUT2D eigenvalue weighted by atomic mass is 16.5. The smallest absolute Gasteiger partial charge is 0.119 e. The van der Waals surface area contributed by atoms with Gasteiger partial charge < -0.3 is 19.9 Å². The molecule has 108 valence electrons. The van der Waals surface area contributed by atoms with Gasteiger partial charge in [0.2, 0.25) is 0 Å². The van der Waals surface area contributed by atoms with Crippen LogP contribution in [0.15, 0.2) is 24.3 Å². The lowest BCUT2D eigenvalue weighted by Gasteiger charge is -2.28. The molecule has 1 rings (SSSR count). The minimum Gasteiger partial charge on any atom is -0.494 e. The normalized spacial score (nSPS) is 13.9. The summed E-state index contributed by atoms with van der Waals surface area (Å²) in [7, 11) is 0. The second kappa shape index (κ2) is 8.02. The van der Waals surface area contributed by atoms with Crippen LogP contribution in [0.4, 0.5) is 0 Å². The molecule has 0 aliphatic rings. The Morgan fingerprint density at radius 3 is 2.16 bits per heavy atom. The molecular formula is C15H25NO3. The van der Waals surface area contributed by atoms with Crippen LogP contribution < -0.4 is 14.8 Å². The molecule has 4 nitrogen and oxygen atoms in total. The molecule has 4 heteroatoms. The maximum Gasteiger partial charge on any atom is 0.119 e. The van der Waals surface area contributed by atoms with Gasteiger partial charge in [-0.15, -0.1) is 0 Å². The topological polar surface area (TPSA) is 50.7 Å². The quantitative estimate of drug-likeness (QED) is 0.720. The van der Waals surface area contributed by atoms with E-state index in [1.54, 1.807) is 0 Å². The van der Waals surface area contributed by atoms with Gasteiger partial charge in [0.1, 0.15) is 18.1 Å². The molecule has 1 aromatic rings. The fourth-order valence-electron chi connectivity index (χ4n) is 1.67. The minimum atomic E-state index is -0.411. The van der Waals surface area contributed by atoms with E-state index in [1.807, 2.05) is 38.1 Å². The molecule has 19 heavy (non-hydrogen) atoms. The van der Waals surface area contributed by atoms with E-state index in [9.17, 15) is 5.11 Å². The molecule has 1 atom stereocenters. The summed E-state index contributed by atoms with van der Waals surface area (Å²) in [6.45, 7) is 8.01. The van der Waals surface area contributed by atoms with Crippen molar-refractivity contribution in [2.75, 3.05) is 26.4 Å². The van der Waals surface area contributed by atoms with Crippen LogP contribution in [0.1, 0.15) is 27.2 Å². The van der Waals surface area contributed by atoms with E-state index in [-0.39, 0.29) is 6.61 Å². The second-order valence-corrected chi connectivity index (χ2v) is 4.86. The second-order valence-electron chi connectivity index (χ2n) is 4.86. The van der Waals surface area contributed by atoms with Crippen LogP contribution in [0.5, 0.6) is 11.5 Å². The Kier molecular flexibility index (Phi) is 6.67. The fraction of sp³-hybridized carbons (Fsp3) is 0.600. The first kappa shape index (κ1) is 15.8. The van der Waals surface area contributed by atoms with Gasteiger partial charge in [-0.25, -0.2) is 0 Å². The molecule has 0 aromatic heterocycles. The van der Waals surface area contributed by atoms with Crippen LogP contribution in [0, 0.1) is 0 Å². The van der Waals surface area contributed by atoms with Crippen molar-refractivity contribution in [2.24, 2.45) is 0 Å². The number of benzene rings is 1. The summed E-state index contributed by atoms with van der Waals surface area (Å²) in [5.74, 6) is 1.63. The lowest BCUT2D eigenvalue weighted by atomic mass is 10.1. The molecule has 0 amide bonds. The van der Waals surface area contributed by atoms with E-state index in [4.69, 9.17) is 9.47 Å². The van der Waals surface area contributed by atoms with Crippen LogP contribution in [0.25, 0.3) is 0 Å². The summed E-state index contributed by atoms with van der Waals surface area (Å²) in [5.41, 5.74) is -0.411. The van der Waals surface area contributed by atoms with Gasteiger partial charge >= 0.3 is 0 Å². The van der Waals surface area contributed by atoms with Crippen LogP contribution >= 0.6 is 0 Å². The summed E-state index contributed by atoms with van der Waals surface area (Å²) in [5, 5.41) is 12.6. The molecule has 0 saturated heterocycles. The first-order valence-corrected chi connectivity index (χ1v) is 6.85. The lowest BCUT2D eigenvalue weighted by Crippen LogP contribution is -2.50. The van der Waals surface area contributed by atoms with Gasteiger partial charge in [0.25, 0.3) is 0 Å². The molecule has 1 aromatic carbocycles. The average molecular weight is 267 g/mol. The van der Waals surface area contributed by atoms with Crippen molar-refractivity contribution in [3.63, 3.8) is 0 Å². The SMILES string of the molecule is CCCOc1ccc(OCC(C)(CO)NCC)cc1. The number of hydrogen-bond donors (Lipinski definition) is 2. The summed E-state index contributed by atoms with van der Waals surface area (Å²) in [6.07, 6.45) is 0.996. The predicted octanol–water partition coefficient (Wildman–Crippen LogP) is 2.21. The van der Waals surface area contributed by atoms with E-state index < -0.39 is 5.54 Å². The Morgan fingerprint density at radius 1 is 1.11 bits per heavy atom. The van der Waals surface area contributed by atoms with E-state index in [2.05, 4.69) is 12.2 Å². The molecule has 2 N–H and O–H groups in total. The molecular weight excluding hydrogens is 242 g/mol. The Morgan fingerprint density at radius 2 is 1.68 bits per heavy atom. The standard InChI is InChI=1S/C15H25NO3/c1-4-10-18-13-6-8-14(9-7-13)19-12-15(3,11-17)16-5-2/h6-9,16-17H,4-5,10-12H2,1-3H3.